The van der Waals surface area contributed by atoms with Crippen molar-refractivity contribution in [1.29, 1.82) is 0 Å². The van der Waals surface area contributed by atoms with Crippen molar-refractivity contribution in [2.75, 3.05) is 31.1 Å². The van der Waals surface area contributed by atoms with Crippen LogP contribution in [0, 0.1) is 5.82 Å². The minimum Gasteiger partial charge on any atom is -0.465 e. The molecule has 1 aromatic carbocycles. The third kappa shape index (κ3) is 4.18. The number of nitrogens with one attached hydrogen (secondary N) is 1. The first-order valence-electron chi connectivity index (χ1n) is 8.54. The maximum Gasteiger partial charge on any atom is 0.414 e. The molecule has 0 radical (unpaired) electrons. The molecular weight excluding hydrogens is 357 g/mol. The van der Waals surface area contributed by atoms with Crippen molar-refractivity contribution in [3.8, 4) is 0 Å². The molecule has 2 aliphatic heterocycles. The summed E-state index contributed by atoms with van der Waals surface area (Å²) in [6.07, 6.45) is 0.195. The van der Waals surface area contributed by atoms with Crippen LogP contribution in [0.15, 0.2) is 24.3 Å². The summed E-state index contributed by atoms with van der Waals surface area (Å²) >= 11 is 0. The summed E-state index contributed by atoms with van der Waals surface area (Å²) in [5.74, 6) is -0.764. The van der Waals surface area contributed by atoms with Crippen molar-refractivity contribution >= 4 is 29.4 Å². The molecule has 2 aliphatic rings. The Bertz CT molecular complexity index is 810. The van der Waals surface area contributed by atoms with E-state index < -0.39 is 24.1 Å². The fourth-order valence-electron chi connectivity index (χ4n) is 3.13. The third-order valence-corrected chi connectivity index (χ3v) is 4.48. The SMILES string of the molecule is CC(=O)NC[C@H]1CN(c2ccc(C3=CCCN(C(=O)O)C3)c(F)c2)C(=O)O1. The number of carbonyl (C=O) groups is 3. The normalized spacial score (nSPS) is 19.6. The molecule has 1 saturated heterocycles. The van der Waals surface area contributed by atoms with Crippen LogP contribution in [-0.4, -0.2) is 60.4 Å². The highest BCUT2D eigenvalue weighted by atomic mass is 19.1. The molecule has 0 unspecified atom stereocenters. The second-order valence-corrected chi connectivity index (χ2v) is 6.44. The molecule has 2 N–H and O–H groups in total. The molecule has 0 bridgehead atoms. The number of rotatable bonds is 4. The molecule has 8 nitrogen and oxygen atoms in total. The minimum absolute atomic E-state index is 0.121. The van der Waals surface area contributed by atoms with E-state index in [0.717, 1.165) is 0 Å². The Balaban J connectivity index is 1.73. The summed E-state index contributed by atoms with van der Waals surface area (Å²) in [7, 11) is 0. The number of cyclic esters (lactones) is 1. The van der Waals surface area contributed by atoms with Crippen molar-refractivity contribution in [3.05, 3.63) is 35.7 Å². The van der Waals surface area contributed by atoms with Gasteiger partial charge in [-0.1, -0.05) is 6.08 Å². The number of carboxylic acid groups (broad SMARTS) is 1. The number of amides is 3. The number of hydrogen-bond donors (Lipinski definition) is 2. The number of carbonyl (C=O) groups excluding carboxylic acids is 2. The summed E-state index contributed by atoms with van der Waals surface area (Å²) in [4.78, 5) is 36.7. The largest absolute Gasteiger partial charge is 0.465 e. The van der Waals surface area contributed by atoms with E-state index in [1.165, 1.54) is 28.9 Å². The van der Waals surface area contributed by atoms with Gasteiger partial charge in [-0.05, 0) is 30.2 Å². The van der Waals surface area contributed by atoms with Crippen LogP contribution in [0.3, 0.4) is 0 Å². The van der Waals surface area contributed by atoms with E-state index in [0.29, 0.717) is 29.8 Å². The predicted octanol–water partition coefficient (Wildman–Crippen LogP) is 2.05. The van der Waals surface area contributed by atoms with E-state index in [1.54, 1.807) is 6.07 Å². The molecule has 1 fully saturated rings. The first-order valence-corrected chi connectivity index (χ1v) is 8.54. The van der Waals surface area contributed by atoms with Crippen LogP contribution in [0.2, 0.25) is 0 Å². The summed E-state index contributed by atoms with van der Waals surface area (Å²) in [6, 6.07) is 4.37. The Morgan fingerprint density at radius 3 is 2.85 bits per heavy atom. The van der Waals surface area contributed by atoms with Crippen molar-refractivity contribution in [1.82, 2.24) is 10.2 Å². The lowest BCUT2D eigenvalue weighted by atomic mass is 10.00. The van der Waals surface area contributed by atoms with Crippen molar-refractivity contribution in [2.45, 2.75) is 19.4 Å². The molecular formula is C18H20FN3O5. The van der Waals surface area contributed by atoms with Crippen LogP contribution in [-0.2, 0) is 9.53 Å². The molecule has 9 heteroatoms. The average Bonchev–Trinajstić information content (AvgIpc) is 3.00. The molecule has 0 aromatic heterocycles. The molecule has 27 heavy (non-hydrogen) atoms. The number of anilines is 1. The number of benzene rings is 1. The first kappa shape index (κ1) is 18.7. The monoisotopic (exact) mass is 377 g/mol. The maximum atomic E-state index is 14.7. The molecule has 1 aromatic rings. The summed E-state index contributed by atoms with van der Waals surface area (Å²) < 4.78 is 19.8. The number of hydrogen-bond acceptors (Lipinski definition) is 4. The zero-order valence-corrected chi connectivity index (χ0v) is 14.8. The lowest BCUT2D eigenvalue weighted by molar-refractivity contribution is -0.119. The molecule has 0 aliphatic carbocycles. The van der Waals surface area contributed by atoms with Crippen LogP contribution < -0.4 is 10.2 Å². The number of ether oxygens (including phenoxy) is 1. The lowest BCUT2D eigenvalue weighted by Gasteiger charge is -2.25. The van der Waals surface area contributed by atoms with E-state index in [-0.39, 0.29) is 25.5 Å². The Kier molecular flexibility index (Phi) is 5.29. The second-order valence-electron chi connectivity index (χ2n) is 6.44. The van der Waals surface area contributed by atoms with E-state index in [4.69, 9.17) is 9.84 Å². The second kappa shape index (κ2) is 7.65. The summed E-state index contributed by atoms with van der Waals surface area (Å²) in [5.41, 5.74) is 1.25. The van der Waals surface area contributed by atoms with Crippen molar-refractivity contribution < 1.29 is 28.6 Å². The van der Waals surface area contributed by atoms with Crippen LogP contribution in [0.5, 0.6) is 0 Å². The van der Waals surface area contributed by atoms with Gasteiger partial charge in [-0.3, -0.25) is 9.69 Å². The van der Waals surface area contributed by atoms with Gasteiger partial charge in [0.2, 0.25) is 5.91 Å². The smallest absolute Gasteiger partial charge is 0.414 e. The average molecular weight is 377 g/mol. The topological polar surface area (TPSA) is 99.2 Å². The Morgan fingerprint density at radius 2 is 2.19 bits per heavy atom. The fraction of sp³-hybridized carbons (Fsp3) is 0.389. The van der Waals surface area contributed by atoms with Gasteiger partial charge in [0.25, 0.3) is 0 Å². The molecule has 3 amide bonds. The number of halogens is 1. The van der Waals surface area contributed by atoms with Gasteiger partial charge in [-0.2, -0.15) is 0 Å². The van der Waals surface area contributed by atoms with E-state index in [2.05, 4.69) is 5.32 Å². The van der Waals surface area contributed by atoms with Gasteiger partial charge in [0.15, 0.2) is 0 Å². The lowest BCUT2D eigenvalue weighted by Crippen LogP contribution is -2.34. The van der Waals surface area contributed by atoms with Gasteiger partial charge in [-0.15, -0.1) is 0 Å². The molecule has 144 valence electrons. The van der Waals surface area contributed by atoms with E-state index in [1.807, 2.05) is 6.08 Å². The van der Waals surface area contributed by atoms with Crippen LogP contribution >= 0.6 is 0 Å². The van der Waals surface area contributed by atoms with E-state index in [9.17, 15) is 18.8 Å². The van der Waals surface area contributed by atoms with Crippen molar-refractivity contribution in [3.63, 3.8) is 0 Å². The van der Waals surface area contributed by atoms with Gasteiger partial charge < -0.3 is 20.1 Å². The van der Waals surface area contributed by atoms with Gasteiger partial charge in [0.05, 0.1) is 18.8 Å². The Labute approximate surface area is 155 Å². The van der Waals surface area contributed by atoms with Gasteiger partial charge in [-0.25, -0.2) is 14.0 Å². The molecule has 0 spiro atoms. The van der Waals surface area contributed by atoms with Gasteiger partial charge in [0.1, 0.15) is 11.9 Å². The molecule has 2 heterocycles. The van der Waals surface area contributed by atoms with Gasteiger partial charge in [0, 0.05) is 25.6 Å². The summed E-state index contributed by atoms with van der Waals surface area (Å²) in [6.45, 7) is 2.27. The Hall–Kier alpha value is -3.10. The van der Waals surface area contributed by atoms with Gasteiger partial charge >= 0.3 is 12.2 Å². The maximum absolute atomic E-state index is 14.7. The first-order chi connectivity index (χ1) is 12.8. The highest BCUT2D eigenvalue weighted by Crippen LogP contribution is 2.28. The van der Waals surface area contributed by atoms with Crippen LogP contribution in [0.25, 0.3) is 5.57 Å². The molecule has 0 saturated carbocycles. The van der Waals surface area contributed by atoms with Crippen LogP contribution in [0.4, 0.5) is 19.7 Å². The van der Waals surface area contributed by atoms with Crippen molar-refractivity contribution in [2.24, 2.45) is 0 Å². The third-order valence-electron chi connectivity index (χ3n) is 4.48. The minimum atomic E-state index is -1.04. The van der Waals surface area contributed by atoms with Crippen LogP contribution in [0.1, 0.15) is 18.9 Å². The molecule has 1 atom stereocenters. The standard InChI is InChI=1S/C18H20FN3O5/c1-11(23)20-8-14-10-22(18(26)27-14)13-4-5-15(16(19)7-13)12-3-2-6-21(9-12)17(24)25/h3-5,7,14H,2,6,8-10H2,1H3,(H,20,23)(H,24,25)/t14-/m0/s1. The highest BCUT2D eigenvalue weighted by Gasteiger charge is 2.33. The molecule has 3 rings (SSSR count). The Morgan fingerprint density at radius 1 is 1.41 bits per heavy atom. The quantitative estimate of drug-likeness (QED) is 0.837. The summed E-state index contributed by atoms with van der Waals surface area (Å²) in [5, 5.41) is 11.7. The number of nitrogens with zero attached hydrogens (tertiary/aromatic N) is 2. The highest BCUT2D eigenvalue weighted by molar-refractivity contribution is 5.90. The van der Waals surface area contributed by atoms with E-state index >= 15 is 0 Å². The zero-order chi connectivity index (χ0) is 19.6. The fourth-order valence-corrected chi connectivity index (χ4v) is 3.13. The zero-order valence-electron chi connectivity index (χ0n) is 14.8. The predicted molar refractivity (Wildman–Crippen MR) is 94.9 cm³/mol.